The Bertz CT molecular complexity index is 1010. The molecule has 162 valence electrons. The monoisotopic (exact) mass is 437 g/mol. The molecule has 2 aromatic carbocycles. The lowest BCUT2D eigenvalue weighted by molar-refractivity contribution is 0.0697. The standard InChI is InChI=1S/C14H11ClO2.C11H17N3/c1-9-6-7-10(14(16)17)8-12(9)11-4-2-3-5-13(11)15;12-10-5-6-11(13-9-10)14-7-3-1-2-4-8-14/h2-8H,1H3,(H,16,17);5-6,9H,1-4,7-8,12H2. The van der Waals surface area contributed by atoms with Crippen LogP contribution in [0.1, 0.15) is 41.6 Å². The Morgan fingerprint density at radius 3 is 2.32 bits per heavy atom. The first-order valence-electron chi connectivity index (χ1n) is 10.5. The van der Waals surface area contributed by atoms with Crippen LogP contribution in [0.4, 0.5) is 11.5 Å². The van der Waals surface area contributed by atoms with Gasteiger partial charge in [0.1, 0.15) is 5.82 Å². The summed E-state index contributed by atoms with van der Waals surface area (Å²) in [7, 11) is 0. The lowest BCUT2D eigenvalue weighted by Gasteiger charge is -2.21. The second-order valence-electron chi connectivity index (χ2n) is 7.67. The maximum absolute atomic E-state index is 10.9. The van der Waals surface area contributed by atoms with E-state index in [1.807, 2.05) is 37.3 Å². The Hall–Kier alpha value is -3.05. The van der Waals surface area contributed by atoms with E-state index in [2.05, 4.69) is 9.88 Å². The van der Waals surface area contributed by atoms with Gasteiger partial charge in [-0.2, -0.15) is 0 Å². The zero-order valence-electron chi connectivity index (χ0n) is 17.7. The highest BCUT2D eigenvalue weighted by atomic mass is 35.5. The van der Waals surface area contributed by atoms with Crippen LogP contribution in [0, 0.1) is 6.92 Å². The molecule has 1 saturated heterocycles. The van der Waals surface area contributed by atoms with Crippen molar-refractivity contribution in [1.29, 1.82) is 0 Å². The predicted molar refractivity (Wildman–Crippen MR) is 128 cm³/mol. The number of carboxylic acids is 1. The summed E-state index contributed by atoms with van der Waals surface area (Å²) in [5.41, 5.74) is 9.33. The van der Waals surface area contributed by atoms with Crippen molar-refractivity contribution in [3.8, 4) is 11.1 Å². The Morgan fingerprint density at radius 1 is 1.00 bits per heavy atom. The molecule has 0 amide bonds. The SMILES string of the molecule is Cc1ccc(C(=O)O)cc1-c1ccccc1Cl.Nc1ccc(N2CCCCCC2)nc1. The zero-order valence-corrected chi connectivity index (χ0v) is 18.5. The number of rotatable bonds is 3. The molecule has 0 saturated carbocycles. The fourth-order valence-electron chi connectivity index (χ4n) is 3.61. The highest BCUT2D eigenvalue weighted by Crippen LogP contribution is 2.30. The predicted octanol–water partition coefficient (Wildman–Crippen LogP) is 6.06. The average Bonchev–Trinajstić information content (AvgIpc) is 3.05. The quantitative estimate of drug-likeness (QED) is 0.520. The molecule has 0 aliphatic carbocycles. The van der Waals surface area contributed by atoms with Gasteiger partial charge in [-0.3, -0.25) is 0 Å². The molecule has 4 rings (SSSR count). The maximum Gasteiger partial charge on any atom is 0.335 e. The van der Waals surface area contributed by atoms with Crippen LogP contribution in [0.25, 0.3) is 11.1 Å². The summed E-state index contributed by atoms with van der Waals surface area (Å²) in [4.78, 5) is 17.6. The number of benzene rings is 2. The summed E-state index contributed by atoms with van der Waals surface area (Å²) in [5, 5.41) is 9.61. The third-order valence-corrected chi connectivity index (χ3v) is 5.68. The molecule has 1 aliphatic heterocycles. The molecule has 0 atom stereocenters. The molecular formula is C25H28ClN3O2. The lowest BCUT2D eigenvalue weighted by Crippen LogP contribution is -2.24. The number of aromatic nitrogens is 1. The zero-order chi connectivity index (χ0) is 22.2. The van der Waals surface area contributed by atoms with Crippen LogP contribution >= 0.6 is 11.6 Å². The van der Waals surface area contributed by atoms with Crippen molar-refractivity contribution in [1.82, 2.24) is 4.98 Å². The minimum atomic E-state index is -0.932. The third kappa shape index (κ3) is 6.22. The van der Waals surface area contributed by atoms with Gasteiger partial charge >= 0.3 is 5.97 Å². The number of aromatic carboxylic acids is 1. The smallest absolute Gasteiger partial charge is 0.335 e. The summed E-state index contributed by atoms with van der Waals surface area (Å²) in [6, 6.07) is 16.4. The summed E-state index contributed by atoms with van der Waals surface area (Å²) < 4.78 is 0. The van der Waals surface area contributed by atoms with Crippen LogP contribution in [-0.4, -0.2) is 29.1 Å². The van der Waals surface area contributed by atoms with E-state index in [0.29, 0.717) is 5.02 Å². The number of carboxylic acid groups (broad SMARTS) is 1. The highest BCUT2D eigenvalue weighted by Gasteiger charge is 2.11. The van der Waals surface area contributed by atoms with Gasteiger partial charge in [0.25, 0.3) is 0 Å². The molecule has 3 aromatic rings. The Morgan fingerprint density at radius 2 is 1.71 bits per heavy atom. The summed E-state index contributed by atoms with van der Waals surface area (Å²) >= 11 is 6.12. The Labute approximate surface area is 188 Å². The molecule has 1 aliphatic rings. The number of hydrogen-bond donors (Lipinski definition) is 2. The number of nitrogen functional groups attached to an aromatic ring is 1. The topological polar surface area (TPSA) is 79.4 Å². The van der Waals surface area contributed by atoms with Gasteiger partial charge in [0.15, 0.2) is 0 Å². The number of pyridine rings is 1. The van der Waals surface area contributed by atoms with Gasteiger partial charge < -0.3 is 15.7 Å². The van der Waals surface area contributed by atoms with Crippen molar-refractivity contribution in [3.05, 3.63) is 76.9 Å². The van der Waals surface area contributed by atoms with E-state index in [9.17, 15) is 4.79 Å². The molecule has 2 heterocycles. The van der Waals surface area contributed by atoms with Crippen LogP contribution in [-0.2, 0) is 0 Å². The molecule has 1 aromatic heterocycles. The molecule has 31 heavy (non-hydrogen) atoms. The van der Waals surface area contributed by atoms with Gasteiger partial charge in [-0.15, -0.1) is 0 Å². The highest BCUT2D eigenvalue weighted by molar-refractivity contribution is 6.33. The summed E-state index contributed by atoms with van der Waals surface area (Å²) in [6.45, 7) is 4.21. The lowest BCUT2D eigenvalue weighted by atomic mass is 9.98. The van der Waals surface area contributed by atoms with Crippen molar-refractivity contribution in [2.75, 3.05) is 23.7 Å². The molecule has 0 unspecified atom stereocenters. The van der Waals surface area contributed by atoms with E-state index < -0.39 is 5.97 Å². The van der Waals surface area contributed by atoms with Crippen LogP contribution in [0.15, 0.2) is 60.8 Å². The van der Waals surface area contributed by atoms with Crippen molar-refractivity contribution < 1.29 is 9.90 Å². The van der Waals surface area contributed by atoms with Crippen molar-refractivity contribution in [2.45, 2.75) is 32.6 Å². The maximum atomic E-state index is 10.9. The van der Waals surface area contributed by atoms with Crippen LogP contribution in [0.2, 0.25) is 5.02 Å². The number of carbonyl (C=O) groups is 1. The van der Waals surface area contributed by atoms with Gasteiger partial charge in [0.2, 0.25) is 0 Å². The van der Waals surface area contributed by atoms with Gasteiger partial charge in [0, 0.05) is 23.7 Å². The van der Waals surface area contributed by atoms with Gasteiger partial charge in [-0.05, 0) is 61.2 Å². The Balaban J connectivity index is 0.000000179. The number of nitrogens with zero attached hydrogens (tertiary/aromatic N) is 2. The van der Waals surface area contributed by atoms with Gasteiger partial charge in [-0.1, -0.05) is 48.7 Å². The van der Waals surface area contributed by atoms with Crippen molar-refractivity contribution in [2.24, 2.45) is 0 Å². The molecule has 3 N–H and O–H groups in total. The number of hydrogen-bond acceptors (Lipinski definition) is 4. The van der Waals surface area contributed by atoms with E-state index in [1.54, 1.807) is 30.5 Å². The Kier molecular flexibility index (Phi) is 7.90. The average molecular weight is 438 g/mol. The molecule has 6 heteroatoms. The molecular weight excluding hydrogens is 410 g/mol. The summed E-state index contributed by atoms with van der Waals surface area (Å²) in [6.07, 6.45) is 7.01. The second kappa shape index (κ2) is 10.8. The van der Waals surface area contributed by atoms with E-state index in [4.69, 9.17) is 22.4 Å². The fraction of sp³-hybridized carbons (Fsp3) is 0.280. The van der Waals surface area contributed by atoms with E-state index in [1.165, 1.54) is 25.7 Å². The molecule has 1 fully saturated rings. The normalized spacial score (nSPS) is 13.7. The number of anilines is 2. The van der Waals surface area contributed by atoms with Crippen LogP contribution in [0.3, 0.4) is 0 Å². The number of nitrogens with two attached hydrogens (primary N) is 1. The van der Waals surface area contributed by atoms with E-state index in [0.717, 1.165) is 41.3 Å². The van der Waals surface area contributed by atoms with E-state index in [-0.39, 0.29) is 5.56 Å². The third-order valence-electron chi connectivity index (χ3n) is 5.35. The first-order valence-corrected chi connectivity index (χ1v) is 10.9. The molecule has 0 radical (unpaired) electrons. The van der Waals surface area contributed by atoms with Gasteiger partial charge in [0.05, 0.1) is 17.4 Å². The van der Waals surface area contributed by atoms with Crippen LogP contribution in [0.5, 0.6) is 0 Å². The number of aryl methyl sites for hydroxylation is 1. The number of halogens is 1. The molecule has 0 bridgehead atoms. The van der Waals surface area contributed by atoms with Crippen molar-refractivity contribution in [3.63, 3.8) is 0 Å². The van der Waals surface area contributed by atoms with Gasteiger partial charge in [-0.25, -0.2) is 9.78 Å². The summed E-state index contributed by atoms with van der Waals surface area (Å²) in [5.74, 6) is 0.138. The first-order chi connectivity index (χ1) is 15.0. The molecule has 5 nitrogen and oxygen atoms in total. The van der Waals surface area contributed by atoms with E-state index >= 15 is 0 Å². The van der Waals surface area contributed by atoms with Crippen molar-refractivity contribution >= 4 is 29.1 Å². The largest absolute Gasteiger partial charge is 0.478 e. The fourth-order valence-corrected chi connectivity index (χ4v) is 3.85. The molecule has 0 spiro atoms. The second-order valence-corrected chi connectivity index (χ2v) is 8.07. The first kappa shape index (κ1) is 22.6. The van der Waals surface area contributed by atoms with Crippen LogP contribution < -0.4 is 10.6 Å². The minimum Gasteiger partial charge on any atom is -0.478 e. The minimum absolute atomic E-state index is 0.269.